The van der Waals surface area contributed by atoms with Crippen LogP contribution in [-0.4, -0.2) is 33.9 Å². The van der Waals surface area contributed by atoms with E-state index in [1.807, 2.05) is 6.07 Å². The summed E-state index contributed by atoms with van der Waals surface area (Å²) >= 11 is 1.23. The quantitative estimate of drug-likeness (QED) is 0.691. The predicted octanol–water partition coefficient (Wildman–Crippen LogP) is 2.38. The maximum Gasteiger partial charge on any atom is 0.295 e. The fourth-order valence-electron chi connectivity index (χ4n) is 2.12. The highest BCUT2D eigenvalue weighted by Crippen LogP contribution is 2.23. The summed E-state index contributed by atoms with van der Waals surface area (Å²) in [6.07, 6.45) is 3.04. The Morgan fingerprint density at radius 1 is 1.12 bits per heavy atom. The molecule has 1 aromatic carbocycles. The van der Waals surface area contributed by atoms with Crippen LogP contribution in [0.1, 0.15) is 16.3 Å². The van der Waals surface area contributed by atoms with Crippen molar-refractivity contribution in [3.8, 4) is 5.75 Å². The topological polar surface area (TPSA) is 106 Å². The van der Waals surface area contributed by atoms with Crippen molar-refractivity contribution in [1.82, 2.24) is 15.0 Å². The first kappa shape index (κ1) is 17.5. The SMILES string of the molecule is COc1ccccc1NC(=O)Cc1csc(NC(=O)c2ncccn2)n1. The number of ether oxygens (including phenoxy) is 1. The summed E-state index contributed by atoms with van der Waals surface area (Å²) in [5.74, 6) is -0.0536. The van der Waals surface area contributed by atoms with Gasteiger partial charge in [0.15, 0.2) is 5.13 Å². The molecule has 132 valence electrons. The van der Waals surface area contributed by atoms with Gasteiger partial charge in [0.05, 0.1) is 24.9 Å². The molecule has 0 unspecified atom stereocenters. The molecule has 2 amide bonds. The lowest BCUT2D eigenvalue weighted by atomic mass is 10.2. The average molecular weight is 369 g/mol. The van der Waals surface area contributed by atoms with Gasteiger partial charge in [-0.1, -0.05) is 12.1 Å². The van der Waals surface area contributed by atoms with Crippen molar-refractivity contribution in [2.24, 2.45) is 0 Å². The molecule has 3 rings (SSSR count). The number of nitrogens with zero attached hydrogens (tertiary/aromatic N) is 3. The van der Waals surface area contributed by atoms with Gasteiger partial charge in [-0.3, -0.25) is 14.9 Å². The lowest BCUT2D eigenvalue weighted by Gasteiger charge is -2.08. The maximum atomic E-state index is 12.2. The number of hydrogen-bond acceptors (Lipinski definition) is 7. The number of thiazole rings is 1. The Balaban J connectivity index is 1.59. The van der Waals surface area contributed by atoms with Crippen LogP contribution in [0.25, 0.3) is 0 Å². The molecule has 26 heavy (non-hydrogen) atoms. The molecule has 0 aliphatic rings. The Bertz CT molecular complexity index is 914. The molecule has 0 saturated carbocycles. The normalized spacial score (nSPS) is 10.2. The van der Waals surface area contributed by atoms with Crippen LogP contribution in [0.2, 0.25) is 0 Å². The number of carbonyl (C=O) groups is 2. The highest BCUT2D eigenvalue weighted by Gasteiger charge is 2.13. The summed E-state index contributed by atoms with van der Waals surface area (Å²) in [7, 11) is 1.54. The Morgan fingerprint density at radius 2 is 1.88 bits per heavy atom. The molecule has 0 aliphatic heterocycles. The van der Waals surface area contributed by atoms with E-state index in [4.69, 9.17) is 4.74 Å². The second kappa shape index (κ2) is 8.17. The van der Waals surface area contributed by atoms with Gasteiger partial charge in [-0.05, 0) is 18.2 Å². The van der Waals surface area contributed by atoms with Crippen molar-refractivity contribution in [3.05, 3.63) is 59.6 Å². The van der Waals surface area contributed by atoms with Gasteiger partial charge in [0.1, 0.15) is 5.75 Å². The second-order valence-corrected chi connectivity index (χ2v) is 5.95. The molecule has 2 heterocycles. The maximum absolute atomic E-state index is 12.2. The van der Waals surface area contributed by atoms with Crippen molar-refractivity contribution >= 4 is 34.0 Å². The Hall–Kier alpha value is -3.33. The number of amides is 2. The highest BCUT2D eigenvalue weighted by molar-refractivity contribution is 7.14. The average Bonchev–Trinajstić information content (AvgIpc) is 3.09. The zero-order chi connectivity index (χ0) is 18.4. The van der Waals surface area contributed by atoms with E-state index in [2.05, 4.69) is 25.6 Å². The van der Waals surface area contributed by atoms with Gasteiger partial charge >= 0.3 is 0 Å². The molecule has 0 atom stereocenters. The molecule has 3 aromatic rings. The van der Waals surface area contributed by atoms with E-state index in [-0.39, 0.29) is 18.2 Å². The molecule has 9 heteroatoms. The number of hydrogen-bond donors (Lipinski definition) is 2. The summed E-state index contributed by atoms with van der Waals surface area (Å²) in [5, 5.41) is 7.48. The van der Waals surface area contributed by atoms with Gasteiger partial charge in [-0.2, -0.15) is 0 Å². The molecule has 0 saturated heterocycles. The number of anilines is 2. The molecule has 8 nitrogen and oxygen atoms in total. The third kappa shape index (κ3) is 4.39. The third-order valence-corrected chi connectivity index (χ3v) is 4.07. The fourth-order valence-corrected chi connectivity index (χ4v) is 2.83. The summed E-state index contributed by atoms with van der Waals surface area (Å²) in [6.45, 7) is 0. The summed E-state index contributed by atoms with van der Waals surface area (Å²) < 4.78 is 5.20. The number of para-hydroxylation sites is 2. The van der Waals surface area contributed by atoms with Gasteiger partial charge in [-0.25, -0.2) is 15.0 Å². The standard InChI is InChI=1S/C17H15N5O3S/c1-25-13-6-3-2-5-12(13)21-14(23)9-11-10-26-17(20-11)22-16(24)15-18-7-4-8-19-15/h2-8,10H,9H2,1H3,(H,21,23)(H,20,22,24). The molecule has 2 N–H and O–H groups in total. The smallest absolute Gasteiger partial charge is 0.295 e. The number of carbonyl (C=O) groups excluding carboxylic acids is 2. The number of aromatic nitrogens is 3. The molecular formula is C17H15N5O3S. The van der Waals surface area contributed by atoms with Crippen LogP contribution < -0.4 is 15.4 Å². The van der Waals surface area contributed by atoms with Crippen molar-refractivity contribution < 1.29 is 14.3 Å². The first-order chi connectivity index (χ1) is 12.7. The van der Waals surface area contributed by atoms with E-state index < -0.39 is 5.91 Å². The monoisotopic (exact) mass is 369 g/mol. The zero-order valence-electron chi connectivity index (χ0n) is 13.8. The lowest BCUT2D eigenvalue weighted by Crippen LogP contribution is -2.16. The number of benzene rings is 1. The molecule has 0 bridgehead atoms. The minimum absolute atomic E-state index is 0.0539. The Morgan fingerprint density at radius 3 is 2.65 bits per heavy atom. The van der Waals surface area contributed by atoms with Crippen LogP contribution in [0.3, 0.4) is 0 Å². The van der Waals surface area contributed by atoms with Gasteiger partial charge in [0, 0.05) is 17.8 Å². The van der Waals surface area contributed by atoms with Crippen LogP contribution in [0.15, 0.2) is 48.1 Å². The lowest BCUT2D eigenvalue weighted by molar-refractivity contribution is -0.115. The zero-order valence-corrected chi connectivity index (χ0v) is 14.6. The minimum atomic E-state index is -0.454. The second-order valence-electron chi connectivity index (χ2n) is 5.10. The van der Waals surface area contributed by atoms with E-state index in [0.717, 1.165) is 0 Å². The van der Waals surface area contributed by atoms with Gasteiger partial charge in [0.25, 0.3) is 5.91 Å². The van der Waals surface area contributed by atoms with Crippen molar-refractivity contribution in [2.75, 3.05) is 17.7 Å². The number of methoxy groups -OCH3 is 1. The summed E-state index contributed by atoms with van der Waals surface area (Å²) in [6, 6.07) is 8.76. The number of nitrogens with one attached hydrogen (secondary N) is 2. The van der Waals surface area contributed by atoms with Gasteiger partial charge < -0.3 is 10.1 Å². The van der Waals surface area contributed by atoms with E-state index >= 15 is 0 Å². The van der Waals surface area contributed by atoms with Gasteiger partial charge in [-0.15, -0.1) is 11.3 Å². The van der Waals surface area contributed by atoms with Crippen LogP contribution >= 0.6 is 11.3 Å². The third-order valence-electron chi connectivity index (χ3n) is 3.26. The van der Waals surface area contributed by atoms with Crippen molar-refractivity contribution in [1.29, 1.82) is 0 Å². The first-order valence-electron chi connectivity index (χ1n) is 7.61. The van der Waals surface area contributed by atoms with E-state index in [1.54, 1.807) is 29.6 Å². The minimum Gasteiger partial charge on any atom is -0.495 e. The van der Waals surface area contributed by atoms with Crippen LogP contribution in [-0.2, 0) is 11.2 Å². The van der Waals surface area contributed by atoms with E-state index in [9.17, 15) is 9.59 Å². The molecular weight excluding hydrogens is 354 g/mol. The summed E-state index contributed by atoms with van der Waals surface area (Å²) in [5.41, 5.74) is 1.14. The highest BCUT2D eigenvalue weighted by atomic mass is 32.1. The van der Waals surface area contributed by atoms with Crippen LogP contribution in [0, 0.1) is 0 Å². The molecule has 0 spiro atoms. The molecule has 2 aromatic heterocycles. The van der Waals surface area contributed by atoms with Crippen LogP contribution in [0.4, 0.5) is 10.8 Å². The van der Waals surface area contributed by atoms with Crippen molar-refractivity contribution in [2.45, 2.75) is 6.42 Å². The first-order valence-corrected chi connectivity index (χ1v) is 8.49. The van der Waals surface area contributed by atoms with Crippen molar-refractivity contribution in [3.63, 3.8) is 0 Å². The Labute approximate surface area is 153 Å². The Kier molecular flexibility index (Phi) is 5.49. The van der Waals surface area contributed by atoms with Crippen LogP contribution in [0.5, 0.6) is 5.75 Å². The van der Waals surface area contributed by atoms with E-state index in [1.165, 1.54) is 30.8 Å². The van der Waals surface area contributed by atoms with Gasteiger partial charge in [0.2, 0.25) is 11.7 Å². The van der Waals surface area contributed by atoms with E-state index in [0.29, 0.717) is 22.3 Å². The largest absolute Gasteiger partial charge is 0.495 e. The predicted molar refractivity (Wildman–Crippen MR) is 97.4 cm³/mol. The molecule has 0 radical (unpaired) electrons. The number of rotatable bonds is 6. The fraction of sp³-hybridized carbons (Fsp3) is 0.118. The summed E-state index contributed by atoms with van der Waals surface area (Å²) in [4.78, 5) is 36.2. The molecule has 0 fully saturated rings. The molecule has 0 aliphatic carbocycles.